The van der Waals surface area contributed by atoms with Gasteiger partial charge in [0.1, 0.15) is 0 Å². The Bertz CT molecular complexity index is 1120. The Hall–Kier alpha value is -4.20. The predicted octanol–water partition coefficient (Wildman–Crippen LogP) is 3.94. The number of nitrogens with zero attached hydrogens (tertiary/aromatic N) is 2. The predicted molar refractivity (Wildman–Crippen MR) is 102 cm³/mol. The third-order valence-corrected chi connectivity index (χ3v) is 3.97. The molecule has 0 aliphatic heterocycles. The van der Waals surface area contributed by atoms with E-state index in [1.165, 1.54) is 12.3 Å². The summed E-state index contributed by atoms with van der Waals surface area (Å²) in [7, 11) is 0. The Labute approximate surface area is 165 Å². The summed E-state index contributed by atoms with van der Waals surface area (Å²) in [6.07, 6.45) is 1.39. The molecule has 2 heterocycles. The minimum atomic E-state index is -0.639. The molecule has 2 aromatic heterocycles. The molecular formula is C21H15N3O5. The Morgan fingerprint density at radius 3 is 2.55 bits per heavy atom. The van der Waals surface area contributed by atoms with Crippen LogP contribution < -0.4 is 5.32 Å². The second-order valence-electron chi connectivity index (χ2n) is 5.93. The van der Waals surface area contributed by atoms with Gasteiger partial charge in [-0.15, -0.1) is 0 Å². The molecule has 4 aromatic rings. The van der Waals surface area contributed by atoms with Crippen molar-refractivity contribution in [2.45, 2.75) is 6.61 Å². The van der Waals surface area contributed by atoms with Crippen LogP contribution in [0.25, 0.3) is 11.4 Å². The average molecular weight is 389 g/mol. The smallest absolute Gasteiger partial charge is 0.340 e. The van der Waals surface area contributed by atoms with Crippen LogP contribution in [0.5, 0.6) is 0 Å². The van der Waals surface area contributed by atoms with Gasteiger partial charge in [0.15, 0.2) is 12.4 Å². The van der Waals surface area contributed by atoms with Crippen LogP contribution in [0.15, 0.2) is 81.9 Å². The van der Waals surface area contributed by atoms with Gasteiger partial charge in [-0.05, 0) is 24.3 Å². The first-order valence-corrected chi connectivity index (χ1v) is 8.70. The number of benzene rings is 2. The van der Waals surface area contributed by atoms with E-state index in [-0.39, 0.29) is 23.8 Å². The molecule has 144 valence electrons. The van der Waals surface area contributed by atoms with Crippen molar-refractivity contribution < 1.29 is 23.3 Å². The zero-order valence-corrected chi connectivity index (χ0v) is 15.1. The maximum atomic E-state index is 12.5. The number of hydrogen-bond donors (Lipinski definition) is 1. The van der Waals surface area contributed by atoms with Crippen molar-refractivity contribution in [3.8, 4) is 11.4 Å². The lowest BCUT2D eigenvalue weighted by Crippen LogP contribution is -2.15. The van der Waals surface area contributed by atoms with Gasteiger partial charge >= 0.3 is 5.97 Å². The number of furan rings is 1. The lowest BCUT2D eigenvalue weighted by molar-refractivity contribution is 0.0431. The number of amides is 1. The summed E-state index contributed by atoms with van der Waals surface area (Å²) in [5, 5.41) is 6.51. The summed E-state index contributed by atoms with van der Waals surface area (Å²) in [6, 6.07) is 18.9. The fourth-order valence-electron chi connectivity index (χ4n) is 2.58. The Morgan fingerprint density at radius 2 is 1.76 bits per heavy atom. The molecule has 4 rings (SSSR count). The highest BCUT2D eigenvalue weighted by Gasteiger charge is 2.18. The standard InChI is InChI=1S/C21H15N3O5/c25-20(17-11-6-12-27-17)22-16-10-5-4-9-15(16)21(26)28-13-18-23-19(24-29-18)14-7-2-1-3-8-14/h1-12H,13H2,(H,22,25). The lowest BCUT2D eigenvalue weighted by atomic mass is 10.1. The maximum absolute atomic E-state index is 12.5. The lowest BCUT2D eigenvalue weighted by Gasteiger charge is -2.09. The minimum Gasteiger partial charge on any atom is -0.459 e. The SMILES string of the molecule is O=C(Nc1ccccc1C(=O)OCc1nc(-c2ccccc2)no1)c1ccco1. The molecule has 0 spiro atoms. The van der Waals surface area contributed by atoms with Crippen LogP contribution >= 0.6 is 0 Å². The molecule has 29 heavy (non-hydrogen) atoms. The first kappa shape index (κ1) is 18.2. The molecule has 0 atom stereocenters. The second-order valence-corrected chi connectivity index (χ2v) is 5.93. The Kier molecular flexibility index (Phi) is 5.15. The number of rotatable bonds is 6. The average Bonchev–Trinajstić information content (AvgIpc) is 3.45. The van der Waals surface area contributed by atoms with Crippen LogP contribution in [-0.4, -0.2) is 22.0 Å². The van der Waals surface area contributed by atoms with Gasteiger partial charge in [0.25, 0.3) is 11.8 Å². The summed E-state index contributed by atoms with van der Waals surface area (Å²) in [6.45, 7) is -0.195. The first-order valence-electron chi connectivity index (χ1n) is 8.70. The molecule has 0 bridgehead atoms. The molecular weight excluding hydrogens is 374 g/mol. The van der Waals surface area contributed by atoms with Gasteiger partial charge in [0.05, 0.1) is 17.5 Å². The Balaban J connectivity index is 1.43. The van der Waals surface area contributed by atoms with Crippen molar-refractivity contribution in [3.63, 3.8) is 0 Å². The highest BCUT2D eigenvalue weighted by atomic mass is 16.6. The third kappa shape index (κ3) is 4.22. The zero-order valence-electron chi connectivity index (χ0n) is 15.1. The van der Waals surface area contributed by atoms with Gasteiger partial charge in [-0.25, -0.2) is 4.79 Å². The van der Waals surface area contributed by atoms with Gasteiger partial charge < -0.3 is 19.0 Å². The van der Waals surface area contributed by atoms with E-state index in [4.69, 9.17) is 13.7 Å². The summed E-state index contributed by atoms with van der Waals surface area (Å²) < 4.78 is 15.5. The van der Waals surface area contributed by atoms with Crippen LogP contribution in [0.3, 0.4) is 0 Å². The van der Waals surface area contributed by atoms with Crippen molar-refractivity contribution in [2.24, 2.45) is 0 Å². The highest BCUT2D eigenvalue weighted by molar-refractivity contribution is 6.06. The van der Waals surface area contributed by atoms with E-state index in [1.807, 2.05) is 30.3 Å². The molecule has 0 saturated carbocycles. The molecule has 8 nitrogen and oxygen atoms in total. The number of carbonyl (C=O) groups excluding carboxylic acids is 2. The van der Waals surface area contributed by atoms with E-state index in [1.54, 1.807) is 30.3 Å². The number of para-hydroxylation sites is 1. The number of aromatic nitrogens is 2. The molecule has 0 aliphatic carbocycles. The van der Waals surface area contributed by atoms with Gasteiger partial charge in [-0.1, -0.05) is 47.6 Å². The molecule has 1 N–H and O–H groups in total. The fraction of sp³-hybridized carbons (Fsp3) is 0.0476. The van der Waals surface area contributed by atoms with Crippen LogP contribution in [0.4, 0.5) is 5.69 Å². The van der Waals surface area contributed by atoms with Crippen molar-refractivity contribution in [2.75, 3.05) is 5.32 Å². The van der Waals surface area contributed by atoms with E-state index >= 15 is 0 Å². The van der Waals surface area contributed by atoms with E-state index in [9.17, 15) is 9.59 Å². The summed E-state index contributed by atoms with van der Waals surface area (Å²) in [4.78, 5) is 28.9. The number of carbonyl (C=O) groups is 2. The van der Waals surface area contributed by atoms with E-state index in [0.29, 0.717) is 11.5 Å². The minimum absolute atomic E-state index is 0.132. The fourth-order valence-corrected chi connectivity index (χ4v) is 2.58. The van der Waals surface area contributed by atoms with Gasteiger partial charge in [-0.2, -0.15) is 4.98 Å². The number of ether oxygens (including phenoxy) is 1. The molecule has 0 radical (unpaired) electrons. The first-order chi connectivity index (χ1) is 14.2. The van der Waals surface area contributed by atoms with Crippen LogP contribution in [-0.2, 0) is 11.3 Å². The third-order valence-electron chi connectivity index (χ3n) is 3.97. The topological polar surface area (TPSA) is 107 Å². The monoisotopic (exact) mass is 389 g/mol. The van der Waals surface area contributed by atoms with Gasteiger partial charge in [-0.3, -0.25) is 4.79 Å². The molecule has 0 saturated heterocycles. The quantitative estimate of drug-likeness (QED) is 0.498. The molecule has 2 aromatic carbocycles. The van der Waals surface area contributed by atoms with Crippen LogP contribution in [0.1, 0.15) is 26.8 Å². The van der Waals surface area contributed by atoms with E-state index in [0.717, 1.165) is 5.56 Å². The zero-order chi connectivity index (χ0) is 20.1. The van der Waals surface area contributed by atoms with Crippen molar-refractivity contribution >= 4 is 17.6 Å². The molecule has 0 unspecified atom stereocenters. The Morgan fingerprint density at radius 1 is 0.966 bits per heavy atom. The number of anilines is 1. The van der Waals surface area contributed by atoms with Gasteiger partial charge in [0.2, 0.25) is 5.82 Å². The number of hydrogen-bond acceptors (Lipinski definition) is 7. The molecule has 8 heteroatoms. The van der Waals surface area contributed by atoms with Crippen molar-refractivity contribution in [1.82, 2.24) is 10.1 Å². The summed E-state index contributed by atoms with van der Waals surface area (Å²) in [5.41, 5.74) is 1.28. The van der Waals surface area contributed by atoms with Crippen molar-refractivity contribution in [3.05, 3.63) is 90.2 Å². The number of nitrogens with one attached hydrogen (secondary N) is 1. The molecule has 1 amide bonds. The maximum Gasteiger partial charge on any atom is 0.340 e. The van der Waals surface area contributed by atoms with Crippen LogP contribution in [0.2, 0.25) is 0 Å². The summed E-state index contributed by atoms with van der Waals surface area (Å²) in [5.74, 6) is -0.413. The largest absolute Gasteiger partial charge is 0.459 e. The molecule has 0 fully saturated rings. The van der Waals surface area contributed by atoms with E-state index in [2.05, 4.69) is 15.5 Å². The molecule has 0 aliphatic rings. The normalized spacial score (nSPS) is 10.5. The van der Waals surface area contributed by atoms with Crippen LogP contribution in [0, 0.1) is 0 Å². The highest BCUT2D eigenvalue weighted by Crippen LogP contribution is 2.19. The van der Waals surface area contributed by atoms with E-state index < -0.39 is 11.9 Å². The summed E-state index contributed by atoms with van der Waals surface area (Å²) >= 11 is 0. The van der Waals surface area contributed by atoms with Crippen molar-refractivity contribution in [1.29, 1.82) is 0 Å². The number of esters is 1. The van der Waals surface area contributed by atoms with Gasteiger partial charge in [0, 0.05) is 5.56 Å². The second kappa shape index (κ2) is 8.22.